The molecule has 1 aliphatic rings. The van der Waals surface area contributed by atoms with Crippen LogP contribution in [0.25, 0.3) is 11.2 Å². The van der Waals surface area contributed by atoms with Gasteiger partial charge in [0.2, 0.25) is 0 Å². The van der Waals surface area contributed by atoms with Gasteiger partial charge in [0.05, 0.1) is 32.1 Å². The average molecular weight is 658 g/mol. The zero-order valence-corrected chi connectivity index (χ0v) is 26.9. The van der Waals surface area contributed by atoms with Crippen LogP contribution in [0.5, 0.6) is 11.5 Å². The van der Waals surface area contributed by atoms with Crippen LogP contribution < -0.4 is 14.8 Å². The predicted molar refractivity (Wildman–Crippen MR) is 183 cm³/mol. The number of hydrogen-bond acceptors (Lipinski definition) is 9. The van der Waals surface area contributed by atoms with Crippen molar-refractivity contribution in [3.63, 3.8) is 0 Å². The molecule has 4 atom stereocenters. The zero-order chi connectivity index (χ0) is 34.0. The molecule has 3 N–H and O–H groups in total. The highest BCUT2D eigenvalue weighted by atomic mass is 16.5. The quantitative estimate of drug-likeness (QED) is 0.171. The van der Waals surface area contributed by atoms with Crippen molar-refractivity contribution in [2.75, 3.05) is 19.5 Å². The number of imidazole rings is 1. The van der Waals surface area contributed by atoms with Crippen LogP contribution >= 0.6 is 0 Å². The molecule has 1 aliphatic heterocycles. The van der Waals surface area contributed by atoms with E-state index in [1.807, 2.05) is 84.9 Å². The number of aromatic nitrogens is 4. The first-order valence-electron chi connectivity index (χ1n) is 15.8. The molecule has 1 fully saturated rings. The maximum Gasteiger partial charge on any atom is 0.256 e. The molecular formula is C38H35N5O6. The highest BCUT2D eigenvalue weighted by Gasteiger charge is 2.52. The van der Waals surface area contributed by atoms with E-state index >= 15 is 0 Å². The summed E-state index contributed by atoms with van der Waals surface area (Å²) in [7, 11) is 3.21. The highest BCUT2D eigenvalue weighted by molar-refractivity contribution is 6.06. The summed E-state index contributed by atoms with van der Waals surface area (Å²) in [6.07, 6.45) is -1.07. The fourth-order valence-electron chi connectivity index (χ4n) is 6.72. The number of amides is 1. The van der Waals surface area contributed by atoms with Crippen LogP contribution in [-0.2, 0) is 10.2 Å². The van der Waals surface area contributed by atoms with E-state index in [-0.39, 0.29) is 18.1 Å². The van der Waals surface area contributed by atoms with E-state index in [0.29, 0.717) is 28.2 Å². The van der Waals surface area contributed by atoms with Crippen LogP contribution in [-0.4, -0.2) is 68.2 Å². The number of methoxy groups -OCH3 is 2. The summed E-state index contributed by atoms with van der Waals surface area (Å²) in [4.78, 5) is 26.1. The molecule has 0 aliphatic carbocycles. The number of ether oxygens (including phenoxy) is 3. The van der Waals surface area contributed by atoms with Gasteiger partial charge in [0.1, 0.15) is 36.3 Å². The number of hydrogen-bond donors (Lipinski definition) is 3. The summed E-state index contributed by atoms with van der Waals surface area (Å²) in [6, 6.07) is 33.6. The maximum atomic E-state index is 12.9. The fourth-order valence-corrected chi connectivity index (χ4v) is 6.72. The van der Waals surface area contributed by atoms with Crippen molar-refractivity contribution in [2.24, 2.45) is 0 Å². The lowest BCUT2D eigenvalue weighted by Crippen LogP contribution is -2.51. The molecule has 11 heteroatoms. The molecule has 4 aromatic carbocycles. The van der Waals surface area contributed by atoms with E-state index < -0.39 is 30.0 Å². The second-order valence-corrected chi connectivity index (χ2v) is 11.8. The Kier molecular flexibility index (Phi) is 8.79. The normalized spacial score (nSPS) is 18.2. The molecule has 0 saturated carbocycles. The molecular weight excluding hydrogens is 622 g/mol. The first kappa shape index (κ1) is 32.0. The minimum absolute atomic E-state index is 0.152. The second kappa shape index (κ2) is 13.5. The Balaban J connectivity index is 1.27. The van der Waals surface area contributed by atoms with Gasteiger partial charge in [-0.15, -0.1) is 0 Å². The Morgan fingerprint density at radius 3 is 2.00 bits per heavy atom. The van der Waals surface area contributed by atoms with Gasteiger partial charge < -0.3 is 29.7 Å². The lowest BCUT2D eigenvalue weighted by Gasteiger charge is -2.43. The summed E-state index contributed by atoms with van der Waals surface area (Å²) in [5.41, 5.74) is 2.41. The van der Waals surface area contributed by atoms with E-state index in [9.17, 15) is 15.0 Å². The number of aliphatic hydroxyl groups is 2. The Bertz CT molecular complexity index is 1990. The minimum Gasteiger partial charge on any atom is -0.497 e. The summed E-state index contributed by atoms with van der Waals surface area (Å²) >= 11 is 0. The van der Waals surface area contributed by atoms with Gasteiger partial charge >= 0.3 is 0 Å². The van der Waals surface area contributed by atoms with E-state index in [0.717, 1.165) is 16.7 Å². The van der Waals surface area contributed by atoms with Gasteiger partial charge in [0.25, 0.3) is 5.91 Å². The third-order valence-electron chi connectivity index (χ3n) is 9.15. The summed E-state index contributed by atoms with van der Waals surface area (Å²) in [5, 5.41) is 27.1. The SMILES string of the molecule is COc1ccc(C(c2ccccc2)(c2ccc(OC)cc2)C(O)[C@H]2O[C@@H](n3cnc4c(NC(=O)c5ccccc5)ncnc43)CC2O)cc1. The molecule has 11 nitrogen and oxygen atoms in total. The molecule has 0 spiro atoms. The highest BCUT2D eigenvalue weighted by Crippen LogP contribution is 2.47. The molecule has 1 saturated heterocycles. The van der Waals surface area contributed by atoms with Gasteiger partial charge in [-0.05, 0) is 53.1 Å². The Hall–Kier alpha value is -5.62. The van der Waals surface area contributed by atoms with Crippen molar-refractivity contribution in [1.29, 1.82) is 0 Å². The summed E-state index contributed by atoms with van der Waals surface area (Å²) in [6.45, 7) is 0. The van der Waals surface area contributed by atoms with E-state index in [1.54, 1.807) is 49.4 Å². The van der Waals surface area contributed by atoms with Crippen LogP contribution in [0.4, 0.5) is 5.82 Å². The average Bonchev–Trinajstić information content (AvgIpc) is 3.77. The molecule has 2 aromatic heterocycles. The molecule has 7 rings (SSSR count). The van der Waals surface area contributed by atoms with Gasteiger partial charge in [-0.25, -0.2) is 15.0 Å². The third kappa shape index (κ3) is 5.78. The molecule has 3 heterocycles. The minimum atomic E-state index is -1.28. The molecule has 0 bridgehead atoms. The number of aliphatic hydroxyl groups excluding tert-OH is 2. The van der Waals surface area contributed by atoms with Crippen LogP contribution in [0, 0.1) is 0 Å². The van der Waals surface area contributed by atoms with E-state index in [4.69, 9.17) is 14.2 Å². The second-order valence-electron chi connectivity index (χ2n) is 11.8. The van der Waals surface area contributed by atoms with Crippen LogP contribution in [0.2, 0.25) is 0 Å². The largest absolute Gasteiger partial charge is 0.497 e. The number of fused-ring (bicyclic) bond motifs is 1. The zero-order valence-electron chi connectivity index (χ0n) is 26.9. The van der Waals surface area contributed by atoms with Crippen molar-refractivity contribution in [2.45, 2.75) is 36.4 Å². The van der Waals surface area contributed by atoms with Crippen LogP contribution in [0.15, 0.2) is 122 Å². The van der Waals surface area contributed by atoms with Gasteiger partial charge in [0.15, 0.2) is 17.0 Å². The standard InChI is InChI=1S/C38H35N5O6/c1-47-28-17-13-26(14-18-28)38(25-11-7-4-8-12-25,27-15-19-29(48-2)20-16-27)34(45)33-30(44)21-31(49-33)43-23-41-32-35(39-22-40-36(32)43)42-37(46)24-9-5-3-6-10-24/h3-20,22-23,30-31,33-34,44-45H,21H2,1-2H3,(H,39,40,42,46)/t30?,31-,33+,34?/m1/s1. The molecule has 49 heavy (non-hydrogen) atoms. The van der Waals surface area contributed by atoms with E-state index in [2.05, 4.69) is 20.3 Å². The summed E-state index contributed by atoms with van der Waals surface area (Å²) < 4.78 is 19.2. The molecule has 248 valence electrons. The van der Waals surface area contributed by atoms with Gasteiger partial charge in [0, 0.05) is 12.0 Å². The van der Waals surface area contributed by atoms with Crippen molar-refractivity contribution >= 4 is 22.9 Å². The Morgan fingerprint density at radius 2 is 1.41 bits per heavy atom. The number of nitrogens with zero attached hydrogens (tertiary/aromatic N) is 4. The van der Waals surface area contributed by atoms with Crippen molar-refractivity contribution in [3.8, 4) is 11.5 Å². The summed E-state index contributed by atoms with van der Waals surface area (Å²) in [5.74, 6) is 1.25. The Labute approximate surface area is 282 Å². The molecule has 0 radical (unpaired) electrons. The number of anilines is 1. The van der Waals surface area contributed by atoms with Gasteiger partial charge in [-0.3, -0.25) is 9.36 Å². The Morgan fingerprint density at radius 1 is 0.837 bits per heavy atom. The fraction of sp³-hybridized carbons (Fsp3) is 0.211. The molecule has 6 aromatic rings. The van der Waals surface area contributed by atoms with Crippen LogP contribution in [0.3, 0.4) is 0 Å². The first-order valence-corrected chi connectivity index (χ1v) is 15.8. The van der Waals surface area contributed by atoms with Gasteiger partial charge in [-0.1, -0.05) is 72.8 Å². The van der Waals surface area contributed by atoms with Crippen molar-refractivity contribution < 1.29 is 29.2 Å². The van der Waals surface area contributed by atoms with Crippen LogP contribution in [0.1, 0.15) is 39.7 Å². The van der Waals surface area contributed by atoms with Gasteiger partial charge in [-0.2, -0.15) is 0 Å². The molecule has 1 amide bonds. The number of nitrogens with one attached hydrogen (secondary N) is 1. The lowest BCUT2D eigenvalue weighted by molar-refractivity contribution is -0.0960. The third-order valence-corrected chi connectivity index (χ3v) is 9.15. The number of rotatable bonds is 10. The molecule has 2 unspecified atom stereocenters. The predicted octanol–water partition coefficient (Wildman–Crippen LogP) is 5.14. The monoisotopic (exact) mass is 657 g/mol. The number of carbonyl (C=O) groups is 1. The number of carbonyl (C=O) groups excluding carboxylic acids is 1. The number of benzene rings is 4. The van der Waals surface area contributed by atoms with Crippen molar-refractivity contribution in [1.82, 2.24) is 19.5 Å². The first-order chi connectivity index (χ1) is 23.9. The smallest absolute Gasteiger partial charge is 0.256 e. The van der Waals surface area contributed by atoms with Crippen molar-refractivity contribution in [3.05, 3.63) is 144 Å². The lowest BCUT2D eigenvalue weighted by atomic mass is 9.64. The topological polar surface area (TPSA) is 141 Å². The van der Waals surface area contributed by atoms with E-state index in [1.165, 1.54) is 6.33 Å². The maximum absolute atomic E-state index is 12.9.